The molecule has 0 aliphatic rings. The van der Waals surface area contributed by atoms with Crippen LogP contribution in [-0.4, -0.2) is 6.61 Å². The van der Waals surface area contributed by atoms with E-state index in [1.807, 2.05) is 0 Å². The van der Waals surface area contributed by atoms with Crippen LogP contribution in [0.4, 0.5) is 13.2 Å². The van der Waals surface area contributed by atoms with Crippen LogP contribution in [0.2, 0.25) is 0 Å². The third-order valence-corrected chi connectivity index (χ3v) is 0.977. The number of para-hydroxylation sites is 1. The lowest BCUT2D eigenvalue weighted by Gasteiger charge is -2.02. The van der Waals surface area contributed by atoms with E-state index in [1.165, 1.54) is 12.1 Å². The summed E-state index contributed by atoms with van der Waals surface area (Å²) in [5.41, 5.74) is 0. The molecular formula is C7H4F3O. The molecule has 0 atom stereocenters. The highest BCUT2D eigenvalue weighted by atomic mass is 19.3. The zero-order chi connectivity index (χ0) is 8.27. The average Bonchev–Trinajstić information content (AvgIpc) is 1.93. The highest BCUT2D eigenvalue weighted by molar-refractivity contribution is 5.21. The van der Waals surface area contributed by atoms with Crippen molar-refractivity contribution in [2.45, 2.75) is 6.61 Å². The molecule has 0 N–H and O–H groups in total. The quantitative estimate of drug-likeness (QED) is 0.646. The largest absolute Gasteiger partial charge is 0.431 e. The van der Waals surface area contributed by atoms with Crippen LogP contribution in [0.15, 0.2) is 18.2 Å². The van der Waals surface area contributed by atoms with Gasteiger partial charge in [-0.15, -0.1) is 0 Å². The van der Waals surface area contributed by atoms with E-state index in [1.54, 1.807) is 0 Å². The smallest absolute Gasteiger partial charge is 0.387 e. The summed E-state index contributed by atoms with van der Waals surface area (Å²) in [6, 6.07) is 5.85. The first-order chi connectivity index (χ1) is 5.20. The van der Waals surface area contributed by atoms with Gasteiger partial charge in [-0.1, -0.05) is 12.1 Å². The molecule has 0 bridgehead atoms. The van der Waals surface area contributed by atoms with Gasteiger partial charge in [-0.3, -0.25) is 0 Å². The van der Waals surface area contributed by atoms with E-state index in [0.717, 1.165) is 6.07 Å². The first-order valence-corrected chi connectivity index (χ1v) is 2.81. The van der Waals surface area contributed by atoms with Crippen LogP contribution < -0.4 is 4.74 Å². The molecule has 0 heterocycles. The molecule has 0 aromatic heterocycles. The van der Waals surface area contributed by atoms with E-state index in [4.69, 9.17) is 0 Å². The van der Waals surface area contributed by atoms with Gasteiger partial charge in [0, 0.05) is 6.07 Å². The highest BCUT2D eigenvalue weighted by Crippen LogP contribution is 2.16. The van der Waals surface area contributed by atoms with Crippen LogP contribution >= 0.6 is 0 Å². The zero-order valence-electron chi connectivity index (χ0n) is 5.35. The predicted molar refractivity (Wildman–Crippen MR) is 31.9 cm³/mol. The molecule has 0 fully saturated rings. The summed E-state index contributed by atoms with van der Waals surface area (Å²) in [5.74, 6) is -1.39. The standard InChI is InChI=1S/C7H4F3O/c8-5-3-1-2-4-6(5)11-7(9)10/h1-3,7H. The molecule has 0 unspecified atom stereocenters. The number of alkyl halides is 2. The number of benzene rings is 1. The van der Waals surface area contributed by atoms with Crippen LogP contribution in [0.1, 0.15) is 0 Å². The highest BCUT2D eigenvalue weighted by Gasteiger charge is 2.07. The molecule has 59 valence electrons. The van der Waals surface area contributed by atoms with Crippen molar-refractivity contribution in [1.29, 1.82) is 0 Å². The number of hydrogen-bond donors (Lipinski definition) is 0. The molecule has 0 aliphatic heterocycles. The number of halogens is 3. The van der Waals surface area contributed by atoms with Crippen molar-refractivity contribution in [1.82, 2.24) is 0 Å². The first kappa shape index (κ1) is 7.91. The van der Waals surface area contributed by atoms with E-state index in [-0.39, 0.29) is 0 Å². The second-order valence-electron chi connectivity index (χ2n) is 1.73. The Hall–Kier alpha value is -1.19. The van der Waals surface area contributed by atoms with Gasteiger partial charge in [0.1, 0.15) is 0 Å². The minimum atomic E-state index is -3.01. The van der Waals surface area contributed by atoms with Crippen molar-refractivity contribution in [3.63, 3.8) is 0 Å². The Morgan fingerprint density at radius 2 is 2.18 bits per heavy atom. The van der Waals surface area contributed by atoms with Crippen LogP contribution in [0, 0.1) is 11.9 Å². The zero-order valence-corrected chi connectivity index (χ0v) is 5.35. The van der Waals surface area contributed by atoms with Gasteiger partial charge in [-0.2, -0.15) is 8.78 Å². The van der Waals surface area contributed by atoms with Crippen LogP contribution in [0.5, 0.6) is 5.75 Å². The first-order valence-electron chi connectivity index (χ1n) is 2.81. The van der Waals surface area contributed by atoms with Crippen molar-refractivity contribution in [2.24, 2.45) is 0 Å². The summed E-state index contributed by atoms with van der Waals surface area (Å²) in [6.45, 7) is -3.01. The van der Waals surface area contributed by atoms with Gasteiger partial charge in [0.2, 0.25) is 0 Å². The molecule has 1 rings (SSSR count). The molecule has 0 aliphatic carbocycles. The Morgan fingerprint density at radius 1 is 1.45 bits per heavy atom. The van der Waals surface area contributed by atoms with Gasteiger partial charge in [-0.05, 0) is 6.07 Å². The monoisotopic (exact) mass is 161 g/mol. The van der Waals surface area contributed by atoms with Gasteiger partial charge in [0.25, 0.3) is 0 Å². The summed E-state index contributed by atoms with van der Waals surface area (Å²) in [4.78, 5) is 0. The average molecular weight is 161 g/mol. The van der Waals surface area contributed by atoms with E-state index in [9.17, 15) is 13.2 Å². The second-order valence-corrected chi connectivity index (χ2v) is 1.73. The molecule has 1 nitrogen and oxygen atoms in total. The minimum Gasteiger partial charge on any atom is -0.431 e. The minimum absolute atomic E-state index is 0.553. The summed E-state index contributed by atoms with van der Waals surface area (Å²) in [5, 5.41) is 0. The van der Waals surface area contributed by atoms with Crippen LogP contribution in [0.3, 0.4) is 0 Å². The summed E-state index contributed by atoms with van der Waals surface area (Å²) in [7, 11) is 0. The maximum Gasteiger partial charge on any atom is 0.387 e. The Labute approximate surface area is 61.4 Å². The molecule has 11 heavy (non-hydrogen) atoms. The molecule has 1 aromatic rings. The fraction of sp³-hybridized carbons (Fsp3) is 0.143. The maximum absolute atomic E-state index is 12.5. The van der Waals surface area contributed by atoms with E-state index >= 15 is 0 Å². The normalized spacial score (nSPS) is 10.2. The molecule has 1 aromatic carbocycles. The SMILES string of the molecule is Fc1ccc[c]c1OC(F)F. The third-order valence-electron chi connectivity index (χ3n) is 0.977. The summed E-state index contributed by atoms with van der Waals surface area (Å²) in [6.07, 6.45) is 0. The van der Waals surface area contributed by atoms with Crippen molar-refractivity contribution in [3.8, 4) is 5.75 Å². The van der Waals surface area contributed by atoms with Crippen molar-refractivity contribution in [3.05, 3.63) is 30.1 Å². The van der Waals surface area contributed by atoms with Crippen molar-refractivity contribution >= 4 is 0 Å². The Balaban J connectivity index is 2.78. The lowest BCUT2D eigenvalue weighted by atomic mass is 10.3. The predicted octanol–water partition coefficient (Wildman–Crippen LogP) is 2.23. The fourth-order valence-electron chi connectivity index (χ4n) is 0.580. The Bertz CT molecular complexity index is 237. The Kier molecular flexibility index (Phi) is 2.36. The van der Waals surface area contributed by atoms with Gasteiger partial charge in [0.05, 0.1) is 0 Å². The molecule has 0 saturated heterocycles. The van der Waals surface area contributed by atoms with Gasteiger partial charge in [-0.25, -0.2) is 4.39 Å². The lowest BCUT2D eigenvalue weighted by molar-refractivity contribution is -0.0523. The summed E-state index contributed by atoms with van der Waals surface area (Å²) < 4.78 is 39.2. The van der Waals surface area contributed by atoms with E-state index < -0.39 is 18.2 Å². The second kappa shape index (κ2) is 3.27. The lowest BCUT2D eigenvalue weighted by Crippen LogP contribution is -2.03. The van der Waals surface area contributed by atoms with Crippen molar-refractivity contribution < 1.29 is 17.9 Å². The van der Waals surface area contributed by atoms with Crippen LogP contribution in [0.25, 0.3) is 0 Å². The van der Waals surface area contributed by atoms with Crippen LogP contribution in [-0.2, 0) is 0 Å². The molecular weight excluding hydrogens is 157 g/mol. The molecule has 0 spiro atoms. The molecule has 4 heteroatoms. The maximum atomic E-state index is 12.5. The topological polar surface area (TPSA) is 9.23 Å². The van der Waals surface area contributed by atoms with Crippen molar-refractivity contribution in [2.75, 3.05) is 0 Å². The number of hydrogen-bond acceptors (Lipinski definition) is 1. The fourth-order valence-corrected chi connectivity index (χ4v) is 0.580. The van der Waals surface area contributed by atoms with E-state index in [0.29, 0.717) is 0 Å². The van der Waals surface area contributed by atoms with Gasteiger partial charge >= 0.3 is 6.61 Å². The third kappa shape index (κ3) is 2.14. The summed E-state index contributed by atoms with van der Waals surface area (Å²) >= 11 is 0. The number of rotatable bonds is 2. The van der Waals surface area contributed by atoms with Gasteiger partial charge in [0.15, 0.2) is 11.6 Å². The molecule has 0 saturated carbocycles. The molecule has 0 amide bonds. The Morgan fingerprint density at radius 3 is 2.73 bits per heavy atom. The van der Waals surface area contributed by atoms with Gasteiger partial charge < -0.3 is 4.74 Å². The van der Waals surface area contributed by atoms with E-state index in [2.05, 4.69) is 10.8 Å². The molecule has 1 radical (unpaired) electrons. The number of ether oxygens (including phenoxy) is 1.